The number of hydrogen-bond donors (Lipinski definition) is 1. The van der Waals surface area contributed by atoms with E-state index in [1.165, 1.54) is 327 Å². The van der Waals surface area contributed by atoms with Gasteiger partial charge in [-0.2, -0.15) is 0 Å². The molecule has 0 saturated carbocycles. The monoisotopic (exact) mass is 1060 g/mol. The van der Waals surface area contributed by atoms with Gasteiger partial charge in [0.1, 0.15) is 6.61 Å². The van der Waals surface area contributed by atoms with Gasteiger partial charge < -0.3 is 14.6 Å². The van der Waals surface area contributed by atoms with Gasteiger partial charge in [0.15, 0.2) is 6.10 Å². The third kappa shape index (κ3) is 64.8. The largest absolute Gasteiger partial charge is 0.462 e. The molecule has 0 aliphatic heterocycles. The Labute approximate surface area is 470 Å². The molecule has 0 bridgehead atoms. The molecule has 75 heavy (non-hydrogen) atoms. The van der Waals surface area contributed by atoms with Gasteiger partial charge in [-0.3, -0.25) is 9.59 Å². The van der Waals surface area contributed by atoms with Crippen LogP contribution in [0.5, 0.6) is 0 Å². The summed E-state index contributed by atoms with van der Waals surface area (Å²) in [5.74, 6) is -0.563. The summed E-state index contributed by atoms with van der Waals surface area (Å²) in [5, 5.41) is 9.70. The first kappa shape index (κ1) is 73.4. The SMILES string of the molecule is CCCCCCC/C=C\C/C=C\CCCCCCCCCCCCCCCCCCCCCCCC(=O)OC(CO)COC(=O)CCCCCCCCCCCCCCCCCCCCCCCCCCCCCC. The average molecular weight is 1060 g/mol. The van der Waals surface area contributed by atoms with Gasteiger partial charge in [-0.25, -0.2) is 0 Å². The van der Waals surface area contributed by atoms with Gasteiger partial charge in [-0.05, 0) is 44.9 Å². The number of esters is 2. The summed E-state index contributed by atoms with van der Waals surface area (Å²) in [5.41, 5.74) is 0. The summed E-state index contributed by atoms with van der Waals surface area (Å²) in [6.07, 6.45) is 86.4. The summed E-state index contributed by atoms with van der Waals surface area (Å²) >= 11 is 0. The number of unbranched alkanes of at least 4 members (excludes halogenated alkanes) is 53. The Hall–Kier alpha value is -1.62. The molecule has 0 aliphatic rings. The molecule has 5 nitrogen and oxygen atoms in total. The van der Waals surface area contributed by atoms with Crippen molar-refractivity contribution in [3.8, 4) is 0 Å². The minimum Gasteiger partial charge on any atom is -0.462 e. The maximum absolute atomic E-state index is 12.4. The Morgan fingerprint density at radius 1 is 0.307 bits per heavy atom. The second-order valence-electron chi connectivity index (χ2n) is 23.6. The highest BCUT2D eigenvalue weighted by molar-refractivity contribution is 5.70. The highest BCUT2D eigenvalue weighted by Gasteiger charge is 2.16. The summed E-state index contributed by atoms with van der Waals surface area (Å²) in [7, 11) is 0. The van der Waals surface area contributed by atoms with Crippen LogP contribution < -0.4 is 0 Å². The van der Waals surface area contributed by atoms with E-state index < -0.39 is 6.10 Å². The predicted octanol–water partition coefficient (Wildman–Crippen LogP) is 23.6. The lowest BCUT2D eigenvalue weighted by molar-refractivity contribution is -0.161. The van der Waals surface area contributed by atoms with Crippen molar-refractivity contribution in [3.63, 3.8) is 0 Å². The average Bonchev–Trinajstić information content (AvgIpc) is 3.41. The number of aliphatic hydroxyl groups is 1. The van der Waals surface area contributed by atoms with E-state index in [1.807, 2.05) is 0 Å². The van der Waals surface area contributed by atoms with Gasteiger partial charge in [0, 0.05) is 12.8 Å². The Kier molecular flexibility index (Phi) is 65.2. The molecule has 0 spiro atoms. The molecule has 0 aromatic carbocycles. The van der Waals surface area contributed by atoms with Gasteiger partial charge in [0.2, 0.25) is 0 Å². The fourth-order valence-corrected chi connectivity index (χ4v) is 10.8. The Balaban J connectivity index is 3.38. The first-order chi connectivity index (χ1) is 37.1. The van der Waals surface area contributed by atoms with Crippen LogP contribution in [0.1, 0.15) is 393 Å². The number of hydrogen-bond acceptors (Lipinski definition) is 5. The molecule has 0 heterocycles. The molecule has 0 amide bonds. The molecule has 444 valence electrons. The van der Waals surface area contributed by atoms with Crippen molar-refractivity contribution >= 4 is 11.9 Å². The Morgan fingerprint density at radius 3 is 0.787 bits per heavy atom. The normalized spacial score (nSPS) is 12.2. The zero-order valence-electron chi connectivity index (χ0n) is 51.1. The molecule has 0 rings (SSSR count). The number of aliphatic hydroxyl groups excluding tert-OH is 1. The van der Waals surface area contributed by atoms with Gasteiger partial charge in [0.05, 0.1) is 6.61 Å². The van der Waals surface area contributed by atoms with Crippen molar-refractivity contribution in [2.24, 2.45) is 0 Å². The molecule has 0 saturated heterocycles. The first-order valence-electron chi connectivity index (χ1n) is 34.4. The number of allylic oxidation sites excluding steroid dienone is 4. The van der Waals surface area contributed by atoms with E-state index >= 15 is 0 Å². The molecule has 0 aromatic heterocycles. The van der Waals surface area contributed by atoms with Crippen molar-refractivity contribution in [3.05, 3.63) is 24.3 Å². The van der Waals surface area contributed by atoms with E-state index in [4.69, 9.17) is 9.47 Å². The highest BCUT2D eigenvalue weighted by Crippen LogP contribution is 2.19. The number of carbonyl (C=O) groups is 2. The van der Waals surface area contributed by atoms with Crippen LogP contribution in [0.2, 0.25) is 0 Å². The maximum Gasteiger partial charge on any atom is 0.306 e. The van der Waals surface area contributed by atoms with Crippen LogP contribution in [0, 0.1) is 0 Å². The summed E-state index contributed by atoms with van der Waals surface area (Å²) in [4.78, 5) is 24.6. The van der Waals surface area contributed by atoms with Crippen molar-refractivity contribution in [2.45, 2.75) is 399 Å². The van der Waals surface area contributed by atoms with E-state index in [1.54, 1.807) is 0 Å². The molecule has 1 unspecified atom stereocenters. The van der Waals surface area contributed by atoms with Gasteiger partial charge in [0.25, 0.3) is 0 Å². The predicted molar refractivity (Wildman–Crippen MR) is 330 cm³/mol. The van der Waals surface area contributed by atoms with Crippen molar-refractivity contribution < 1.29 is 24.2 Å². The fourth-order valence-electron chi connectivity index (χ4n) is 10.8. The molecule has 1 atom stereocenters. The van der Waals surface area contributed by atoms with E-state index in [-0.39, 0.29) is 25.2 Å². The summed E-state index contributed by atoms with van der Waals surface area (Å²) in [6, 6.07) is 0. The molecular formula is C70H134O5. The smallest absolute Gasteiger partial charge is 0.306 e. The van der Waals surface area contributed by atoms with Gasteiger partial charge in [-0.1, -0.05) is 359 Å². The molecule has 0 aliphatic carbocycles. The van der Waals surface area contributed by atoms with Crippen LogP contribution in [0.25, 0.3) is 0 Å². The van der Waals surface area contributed by atoms with Crippen LogP contribution in [-0.4, -0.2) is 36.4 Å². The lowest BCUT2D eigenvalue weighted by Crippen LogP contribution is -2.28. The fraction of sp³-hybridized carbons (Fsp3) is 0.914. The minimum absolute atomic E-state index is 0.0575. The van der Waals surface area contributed by atoms with E-state index in [9.17, 15) is 14.7 Å². The summed E-state index contributed by atoms with van der Waals surface area (Å²) < 4.78 is 10.8. The van der Waals surface area contributed by atoms with Crippen LogP contribution in [0.3, 0.4) is 0 Å². The van der Waals surface area contributed by atoms with E-state index in [2.05, 4.69) is 38.2 Å². The van der Waals surface area contributed by atoms with Crippen LogP contribution in [0.4, 0.5) is 0 Å². The molecule has 0 aromatic rings. The molecule has 1 N–H and O–H groups in total. The molecule has 5 heteroatoms. The minimum atomic E-state index is -0.768. The second-order valence-corrected chi connectivity index (χ2v) is 23.6. The molecular weight excluding hydrogens is 921 g/mol. The zero-order chi connectivity index (χ0) is 54.1. The number of rotatable bonds is 65. The van der Waals surface area contributed by atoms with Crippen LogP contribution in [0.15, 0.2) is 24.3 Å². The number of ether oxygens (including phenoxy) is 2. The lowest BCUT2D eigenvalue weighted by atomic mass is 10.0. The first-order valence-corrected chi connectivity index (χ1v) is 34.4. The van der Waals surface area contributed by atoms with Crippen LogP contribution >= 0.6 is 0 Å². The zero-order valence-corrected chi connectivity index (χ0v) is 51.1. The van der Waals surface area contributed by atoms with Crippen molar-refractivity contribution in [1.29, 1.82) is 0 Å². The van der Waals surface area contributed by atoms with E-state index in [0.29, 0.717) is 12.8 Å². The maximum atomic E-state index is 12.4. The Morgan fingerprint density at radius 2 is 0.533 bits per heavy atom. The standard InChI is InChI=1S/C70H134O5/c1-3-5-7-9-11-13-15-17-19-21-23-25-27-29-31-33-34-35-36-37-39-41-43-45-47-49-51-53-55-57-59-61-63-65-70(73)75-68(66-71)67-74-69(72)64-62-60-58-56-54-52-50-48-46-44-42-40-38-32-30-28-26-24-22-20-18-16-14-12-10-8-6-4-2/h15,17,21,23,68,71H,3-14,16,18-20,22,24-67H2,1-2H3/b17-15-,23-21-. The topological polar surface area (TPSA) is 72.8 Å². The Bertz CT molecular complexity index is 1150. The number of carbonyl (C=O) groups excluding carboxylic acids is 2. The van der Waals surface area contributed by atoms with Crippen molar-refractivity contribution in [1.82, 2.24) is 0 Å². The quantitative estimate of drug-likeness (QED) is 0.0373. The molecule has 0 fully saturated rings. The lowest BCUT2D eigenvalue weighted by Gasteiger charge is -2.15. The molecule has 0 radical (unpaired) electrons. The third-order valence-electron chi connectivity index (χ3n) is 16.0. The third-order valence-corrected chi connectivity index (χ3v) is 16.0. The van der Waals surface area contributed by atoms with Crippen molar-refractivity contribution in [2.75, 3.05) is 13.2 Å². The second kappa shape index (κ2) is 66.7. The van der Waals surface area contributed by atoms with Gasteiger partial charge in [-0.15, -0.1) is 0 Å². The van der Waals surface area contributed by atoms with Gasteiger partial charge >= 0.3 is 11.9 Å². The van der Waals surface area contributed by atoms with Crippen LogP contribution in [-0.2, 0) is 19.1 Å². The highest BCUT2D eigenvalue weighted by atomic mass is 16.6. The summed E-state index contributed by atoms with van der Waals surface area (Å²) in [6.45, 7) is 4.20. The van der Waals surface area contributed by atoms with E-state index in [0.717, 1.165) is 38.5 Å².